The summed E-state index contributed by atoms with van der Waals surface area (Å²) in [6, 6.07) is 1.93. The lowest BCUT2D eigenvalue weighted by Crippen LogP contribution is -2.22. The van der Waals surface area contributed by atoms with Gasteiger partial charge in [-0.15, -0.1) is 0 Å². The molecule has 90 valence electrons. The van der Waals surface area contributed by atoms with Crippen molar-refractivity contribution in [2.75, 3.05) is 18.0 Å². The number of nitrogens with zero attached hydrogens (tertiary/aromatic N) is 2. The van der Waals surface area contributed by atoms with Crippen molar-refractivity contribution >= 4 is 12.1 Å². The number of hydrogen-bond acceptors (Lipinski definition) is 3. The first-order valence-corrected chi connectivity index (χ1v) is 6.44. The standard InChI is InChI=1S/C14H18N2O/c1-10-5-11(9-17)6-15-14(10)16-7-12-3-2-4-13(12)8-16/h5-6,9,12-13H,2-4,7-8H2,1H3. The van der Waals surface area contributed by atoms with Gasteiger partial charge < -0.3 is 4.90 Å². The van der Waals surface area contributed by atoms with E-state index in [2.05, 4.69) is 9.88 Å². The molecule has 2 atom stereocenters. The van der Waals surface area contributed by atoms with Gasteiger partial charge in [-0.25, -0.2) is 4.98 Å². The van der Waals surface area contributed by atoms with Gasteiger partial charge in [0.05, 0.1) is 0 Å². The van der Waals surface area contributed by atoms with Crippen molar-refractivity contribution in [2.24, 2.45) is 11.8 Å². The van der Waals surface area contributed by atoms with Gasteiger partial charge in [0.25, 0.3) is 0 Å². The highest BCUT2D eigenvalue weighted by Crippen LogP contribution is 2.39. The Balaban J connectivity index is 1.83. The fourth-order valence-corrected chi connectivity index (χ4v) is 3.39. The molecule has 1 saturated carbocycles. The number of fused-ring (bicyclic) bond motifs is 1. The van der Waals surface area contributed by atoms with Gasteiger partial charge in [0.1, 0.15) is 5.82 Å². The summed E-state index contributed by atoms with van der Waals surface area (Å²) in [5.74, 6) is 2.83. The van der Waals surface area contributed by atoms with Crippen molar-refractivity contribution in [3.8, 4) is 0 Å². The highest BCUT2D eigenvalue weighted by Gasteiger charge is 2.36. The van der Waals surface area contributed by atoms with Gasteiger partial charge in [0.15, 0.2) is 6.29 Å². The molecular weight excluding hydrogens is 212 g/mol. The Morgan fingerprint density at radius 2 is 2.06 bits per heavy atom. The third kappa shape index (κ3) is 1.84. The van der Waals surface area contributed by atoms with E-state index in [9.17, 15) is 4.79 Å². The summed E-state index contributed by atoms with van der Waals surface area (Å²) in [6.07, 6.45) is 6.71. The average Bonchev–Trinajstić information content (AvgIpc) is 2.89. The smallest absolute Gasteiger partial charge is 0.151 e. The second-order valence-corrected chi connectivity index (χ2v) is 5.38. The molecule has 2 aliphatic rings. The molecule has 1 aliphatic carbocycles. The predicted molar refractivity (Wildman–Crippen MR) is 67.4 cm³/mol. The molecule has 2 unspecified atom stereocenters. The molecule has 0 radical (unpaired) electrons. The van der Waals surface area contributed by atoms with E-state index in [1.54, 1.807) is 6.20 Å². The van der Waals surface area contributed by atoms with Gasteiger partial charge in [0, 0.05) is 24.8 Å². The monoisotopic (exact) mass is 230 g/mol. The molecule has 17 heavy (non-hydrogen) atoms. The minimum Gasteiger partial charge on any atom is -0.356 e. The first-order chi connectivity index (χ1) is 8.28. The summed E-state index contributed by atoms with van der Waals surface area (Å²) >= 11 is 0. The van der Waals surface area contributed by atoms with Gasteiger partial charge in [-0.05, 0) is 43.2 Å². The topological polar surface area (TPSA) is 33.2 Å². The minimum atomic E-state index is 0.672. The lowest BCUT2D eigenvalue weighted by molar-refractivity contribution is 0.112. The van der Waals surface area contributed by atoms with Gasteiger partial charge >= 0.3 is 0 Å². The molecule has 2 heterocycles. The van der Waals surface area contributed by atoms with Crippen LogP contribution in [0, 0.1) is 18.8 Å². The number of hydrogen-bond donors (Lipinski definition) is 0. The molecule has 1 aromatic rings. The number of carbonyl (C=O) groups is 1. The molecule has 3 nitrogen and oxygen atoms in total. The highest BCUT2D eigenvalue weighted by atomic mass is 16.1. The van der Waals surface area contributed by atoms with Crippen molar-refractivity contribution in [3.63, 3.8) is 0 Å². The Bertz CT molecular complexity index is 432. The average molecular weight is 230 g/mol. The number of pyridine rings is 1. The largest absolute Gasteiger partial charge is 0.356 e. The summed E-state index contributed by atoms with van der Waals surface area (Å²) in [5, 5.41) is 0. The molecule has 0 amide bonds. The van der Waals surface area contributed by atoms with Crippen LogP contribution in [0.3, 0.4) is 0 Å². The van der Waals surface area contributed by atoms with Crippen LogP contribution >= 0.6 is 0 Å². The van der Waals surface area contributed by atoms with E-state index in [1.807, 2.05) is 13.0 Å². The summed E-state index contributed by atoms with van der Waals surface area (Å²) in [4.78, 5) is 17.6. The van der Waals surface area contributed by atoms with E-state index in [-0.39, 0.29) is 0 Å². The lowest BCUT2D eigenvalue weighted by atomic mass is 10.0. The van der Waals surface area contributed by atoms with Gasteiger partial charge in [-0.3, -0.25) is 4.79 Å². The van der Waals surface area contributed by atoms with Crippen LogP contribution in [-0.2, 0) is 0 Å². The summed E-state index contributed by atoms with van der Waals surface area (Å²) in [6.45, 7) is 4.35. The maximum atomic E-state index is 10.7. The zero-order chi connectivity index (χ0) is 11.8. The maximum Gasteiger partial charge on any atom is 0.151 e. The molecule has 0 spiro atoms. The molecule has 1 aliphatic heterocycles. The number of aryl methyl sites for hydroxylation is 1. The van der Waals surface area contributed by atoms with Crippen molar-refractivity contribution in [1.82, 2.24) is 4.98 Å². The third-order valence-corrected chi connectivity index (χ3v) is 4.23. The zero-order valence-corrected chi connectivity index (χ0v) is 10.2. The molecule has 0 aromatic carbocycles. The Hall–Kier alpha value is -1.38. The SMILES string of the molecule is Cc1cc(C=O)cnc1N1CC2CCCC2C1. The minimum absolute atomic E-state index is 0.672. The molecule has 3 rings (SSSR count). The third-order valence-electron chi connectivity index (χ3n) is 4.23. The van der Waals surface area contributed by atoms with Crippen LogP contribution in [0.25, 0.3) is 0 Å². The first-order valence-electron chi connectivity index (χ1n) is 6.44. The van der Waals surface area contributed by atoms with Gasteiger partial charge in [-0.2, -0.15) is 0 Å². The van der Waals surface area contributed by atoms with E-state index in [0.717, 1.165) is 42.6 Å². The van der Waals surface area contributed by atoms with Crippen LogP contribution in [0.15, 0.2) is 12.3 Å². The number of aldehydes is 1. The van der Waals surface area contributed by atoms with E-state index in [1.165, 1.54) is 19.3 Å². The van der Waals surface area contributed by atoms with Crippen molar-refractivity contribution in [1.29, 1.82) is 0 Å². The van der Waals surface area contributed by atoms with Crippen molar-refractivity contribution in [2.45, 2.75) is 26.2 Å². The first kappa shape index (κ1) is 10.8. The second kappa shape index (κ2) is 4.13. The number of carbonyl (C=O) groups excluding carboxylic acids is 1. The lowest BCUT2D eigenvalue weighted by Gasteiger charge is -2.20. The van der Waals surface area contributed by atoms with Crippen LogP contribution in [0.1, 0.15) is 35.2 Å². The van der Waals surface area contributed by atoms with E-state index < -0.39 is 0 Å². The number of rotatable bonds is 2. The van der Waals surface area contributed by atoms with Crippen LogP contribution in [-0.4, -0.2) is 24.4 Å². The Kier molecular flexibility index (Phi) is 2.61. The second-order valence-electron chi connectivity index (χ2n) is 5.38. The van der Waals surface area contributed by atoms with Gasteiger partial charge in [0.2, 0.25) is 0 Å². The van der Waals surface area contributed by atoms with Crippen LogP contribution in [0.2, 0.25) is 0 Å². The van der Waals surface area contributed by atoms with Gasteiger partial charge in [-0.1, -0.05) is 6.42 Å². The van der Waals surface area contributed by atoms with Crippen LogP contribution in [0.5, 0.6) is 0 Å². The molecule has 1 aromatic heterocycles. The fraction of sp³-hybridized carbons (Fsp3) is 0.571. The van der Waals surface area contributed by atoms with E-state index in [0.29, 0.717) is 5.56 Å². The number of aromatic nitrogens is 1. The molecular formula is C14H18N2O. The normalized spacial score (nSPS) is 27.2. The van der Waals surface area contributed by atoms with Crippen LogP contribution in [0.4, 0.5) is 5.82 Å². The molecule has 3 heteroatoms. The molecule has 0 bridgehead atoms. The number of anilines is 1. The maximum absolute atomic E-state index is 10.7. The highest BCUT2D eigenvalue weighted by molar-refractivity contribution is 5.75. The molecule has 1 saturated heterocycles. The Labute approximate surface area is 102 Å². The fourth-order valence-electron chi connectivity index (χ4n) is 3.39. The zero-order valence-electron chi connectivity index (χ0n) is 10.2. The molecule has 2 fully saturated rings. The quantitative estimate of drug-likeness (QED) is 0.732. The van der Waals surface area contributed by atoms with Crippen molar-refractivity contribution < 1.29 is 4.79 Å². The van der Waals surface area contributed by atoms with Crippen LogP contribution < -0.4 is 4.90 Å². The summed E-state index contributed by atoms with van der Waals surface area (Å²) < 4.78 is 0. The van der Waals surface area contributed by atoms with Crippen molar-refractivity contribution in [3.05, 3.63) is 23.4 Å². The molecule has 0 N–H and O–H groups in total. The Morgan fingerprint density at radius 3 is 2.65 bits per heavy atom. The summed E-state index contributed by atoms with van der Waals surface area (Å²) in [7, 11) is 0. The van der Waals surface area contributed by atoms with E-state index in [4.69, 9.17) is 0 Å². The van der Waals surface area contributed by atoms with E-state index >= 15 is 0 Å². The summed E-state index contributed by atoms with van der Waals surface area (Å²) in [5.41, 5.74) is 1.79. The predicted octanol–water partition coefficient (Wildman–Crippen LogP) is 2.44. The Morgan fingerprint density at radius 1 is 1.35 bits per heavy atom.